The largest absolute Gasteiger partial charge is 0.465 e. The summed E-state index contributed by atoms with van der Waals surface area (Å²) < 4.78 is 32.6. The molecule has 0 radical (unpaired) electrons. The molecule has 0 saturated heterocycles. The number of ether oxygens (including phenoxy) is 4. The Kier molecular flexibility index (Phi) is 16.7. The molecule has 0 saturated carbocycles. The van der Waals surface area contributed by atoms with Gasteiger partial charge in [-0.3, -0.25) is 24.4 Å². The molecule has 6 aromatic rings. The van der Waals surface area contributed by atoms with Crippen LogP contribution in [-0.4, -0.2) is 88.1 Å². The second-order valence-electron chi connectivity index (χ2n) is 14.5. The van der Waals surface area contributed by atoms with Crippen LogP contribution in [0.1, 0.15) is 82.6 Å². The lowest BCUT2D eigenvalue weighted by Gasteiger charge is -2.23. The number of aromatic nitrogens is 3. The first kappa shape index (κ1) is 46.9. The first-order chi connectivity index (χ1) is 31.5. The number of nitrogen functional groups attached to an aromatic ring is 1. The highest BCUT2D eigenvalue weighted by Crippen LogP contribution is 2.25. The minimum absolute atomic E-state index is 0.0763. The average molecular weight is 883 g/mol. The Morgan fingerprint density at radius 1 is 0.538 bits per heavy atom. The van der Waals surface area contributed by atoms with Crippen LogP contribution in [0, 0.1) is 11.8 Å². The molecule has 5 aromatic heterocycles. The van der Waals surface area contributed by atoms with Crippen LogP contribution in [0.4, 0.5) is 5.69 Å². The molecule has 0 bridgehead atoms. The minimum atomic E-state index is -0.606. The van der Waals surface area contributed by atoms with Gasteiger partial charge in [-0.15, -0.1) is 0 Å². The molecule has 5 heterocycles. The molecular weight excluding hydrogens is 833 g/mol. The van der Waals surface area contributed by atoms with E-state index in [0.717, 1.165) is 5.56 Å². The molecule has 0 aliphatic heterocycles. The van der Waals surface area contributed by atoms with Gasteiger partial charge in [-0.05, 0) is 113 Å². The van der Waals surface area contributed by atoms with E-state index in [1.807, 2.05) is 24.3 Å². The Labute approximate surface area is 376 Å². The maximum absolute atomic E-state index is 13.1. The van der Waals surface area contributed by atoms with E-state index in [1.54, 1.807) is 98.2 Å². The maximum Gasteiger partial charge on any atom is 0.356 e. The summed E-state index contributed by atoms with van der Waals surface area (Å²) >= 11 is 0. The number of anilines is 1. The Morgan fingerprint density at radius 2 is 0.954 bits per heavy atom. The van der Waals surface area contributed by atoms with Gasteiger partial charge < -0.3 is 33.5 Å². The molecule has 2 N–H and O–H groups in total. The quantitative estimate of drug-likeness (QED) is 0.0360. The average Bonchev–Trinajstić information content (AvgIpc) is 4.03. The van der Waals surface area contributed by atoms with Gasteiger partial charge in [-0.1, -0.05) is 11.8 Å². The number of esters is 4. The van der Waals surface area contributed by atoms with Crippen LogP contribution in [0.2, 0.25) is 0 Å². The number of furan rings is 2. The van der Waals surface area contributed by atoms with E-state index in [1.165, 1.54) is 12.5 Å². The predicted molar refractivity (Wildman–Crippen MR) is 238 cm³/mol. The van der Waals surface area contributed by atoms with Crippen molar-refractivity contribution >= 4 is 29.6 Å². The fourth-order valence-corrected chi connectivity index (χ4v) is 6.75. The molecule has 0 atom stereocenters. The van der Waals surface area contributed by atoms with Crippen LogP contribution in [0.25, 0.3) is 22.6 Å². The monoisotopic (exact) mass is 882 g/mol. The van der Waals surface area contributed by atoms with Crippen molar-refractivity contribution in [1.82, 2.24) is 24.8 Å². The van der Waals surface area contributed by atoms with Crippen LogP contribution in [-0.2, 0) is 54.7 Å². The Hall–Kier alpha value is -7.61. The van der Waals surface area contributed by atoms with Crippen molar-refractivity contribution in [2.45, 2.75) is 53.9 Å². The normalized spacial score (nSPS) is 10.9. The molecule has 65 heavy (non-hydrogen) atoms. The Morgan fingerprint density at radius 3 is 1.35 bits per heavy atom. The zero-order valence-electron chi connectivity index (χ0n) is 36.7. The Balaban J connectivity index is 1.40. The number of hydrogen-bond donors (Lipinski definition) is 1. The first-order valence-electron chi connectivity index (χ1n) is 21.1. The SMILES string of the molecule is CCOC(=O)CN(Cc1cc(C#Cc2ccc(N)cc2)cc(CN(CC(=O)OCC)Cc2cc(-c3ccco3)cc(C(=O)OCC)n2)n1)Cc1cc(-c2ccco2)cc(C(=O)OCC)n1. The van der Waals surface area contributed by atoms with Gasteiger partial charge in [0.25, 0.3) is 0 Å². The van der Waals surface area contributed by atoms with Gasteiger partial charge in [0, 0.05) is 54.1 Å². The van der Waals surface area contributed by atoms with Crippen LogP contribution in [0.5, 0.6) is 0 Å². The molecule has 0 amide bonds. The third kappa shape index (κ3) is 13.9. The molecule has 1 aromatic carbocycles. The summed E-state index contributed by atoms with van der Waals surface area (Å²) in [4.78, 5) is 70.1. The fraction of sp³-hybridized carbons (Fsp3) is 0.286. The number of nitrogens with zero attached hydrogens (tertiary/aromatic N) is 5. The van der Waals surface area contributed by atoms with Crippen molar-refractivity contribution in [3.8, 4) is 34.5 Å². The molecule has 6 rings (SSSR count). The number of rotatable bonds is 20. The van der Waals surface area contributed by atoms with Gasteiger partial charge in [0.1, 0.15) is 22.9 Å². The van der Waals surface area contributed by atoms with E-state index in [2.05, 4.69) is 21.8 Å². The van der Waals surface area contributed by atoms with Crippen molar-refractivity contribution in [2.24, 2.45) is 0 Å². The number of carbonyl (C=O) groups excluding carboxylic acids is 4. The summed E-state index contributed by atoms with van der Waals surface area (Å²) in [6.07, 6.45) is 3.06. The molecule has 16 heteroatoms. The second kappa shape index (κ2) is 23.2. The zero-order chi connectivity index (χ0) is 46.1. The van der Waals surface area contributed by atoms with Crippen molar-refractivity contribution in [1.29, 1.82) is 0 Å². The number of pyridine rings is 3. The lowest BCUT2D eigenvalue weighted by atomic mass is 10.1. The summed E-state index contributed by atoms with van der Waals surface area (Å²) in [5.41, 5.74) is 11.2. The summed E-state index contributed by atoms with van der Waals surface area (Å²) in [6, 6.07) is 24.5. The highest BCUT2D eigenvalue weighted by molar-refractivity contribution is 5.89. The van der Waals surface area contributed by atoms with Gasteiger partial charge in [-0.2, -0.15) is 0 Å². The highest BCUT2D eigenvalue weighted by Gasteiger charge is 2.22. The molecule has 0 fully saturated rings. The molecule has 0 aliphatic rings. The molecular formula is C49H50N6O10. The molecule has 0 spiro atoms. The van der Waals surface area contributed by atoms with Gasteiger partial charge in [0.05, 0.1) is 74.8 Å². The van der Waals surface area contributed by atoms with Gasteiger partial charge >= 0.3 is 23.9 Å². The van der Waals surface area contributed by atoms with E-state index in [0.29, 0.717) is 56.7 Å². The van der Waals surface area contributed by atoms with Crippen LogP contribution in [0.15, 0.2) is 106 Å². The third-order valence-electron chi connectivity index (χ3n) is 9.39. The van der Waals surface area contributed by atoms with Crippen molar-refractivity contribution < 1.29 is 47.0 Å². The smallest absolute Gasteiger partial charge is 0.356 e. The minimum Gasteiger partial charge on any atom is -0.465 e. The van der Waals surface area contributed by atoms with Gasteiger partial charge in [0.15, 0.2) is 0 Å². The predicted octanol–water partition coefficient (Wildman–Crippen LogP) is 6.86. The summed E-state index contributed by atoms with van der Waals surface area (Å²) in [7, 11) is 0. The zero-order valence-corrected chi connectivity index (χ0v) is 36.7. The molecule has 336 valence electrons. The van der Waals surface area contributed by atoms with Crippen molar-refractivity contribution in [3.63, 3.8) is 0 Å². The second-order valence-corrected chi connectivity index (χ2v) is 14.5. The fourth-order valence-electron chi connectivity index (χ4n) is 6.75. The van der Waals surface area contributed by atoms with E-state index >= 15 is 0 Å². The Bertz CT molecular complexity index is 2470. The highest BCUT2D eigenvalue weighted by atomic mass is 16.5. The van der Waals surface area contributed by atoms with E-state index in [-0.39, 0.29) is 77.1 Å². The summed E-state index contributed by atoms with van der Waals surface area (Å²) in [6.45, 7) is 7.61. The van der Waals surface area contributed by atoms with E-state index in [9.17, 15) is 19.2 Å². The first-order valence-corrected chi connectivity index (χ1v) is 21.1. The molecule has 0 aliphatic carbocycles. The topological polar surface area (TPSA) is 203 Å². The lowest BCUT2D eigenvalue weighted by Crippen LogP contribution is -2.32. The number of benzene rings is 1. The third-order valence-corrected chi connectivity index (χ3v) is 9.39. The number of nitrogens with two attached hydrogens (primary N) is 1. The van der Waals surface area contributed by atoms with Crippen molar-refractivity contribution in [3.05, 3.63) is 143 Å². The van der Waals surface area contributed by atoms with Crippen LogP contribution < -0.4 is 5.73 Å². The number of carbonyl (C=O) groups is 4. The maximum atomic E-state index is 13.1. The van der Waals surface area contributed by atoms with Crippen molar-refractivity contribution in [2.75, 3.05) is 45.3 Å². The summed E-state index contributed by atoms with van der Waals surface area (Å²) in [5, 5.41) is 0. The molecule has 0 unspecified atom stereocenters. The lowest BCUT2D eigenvalue weighted by molar-refractivity contribution is -0.145. The van der Waals surface area contributed by atoms with E-state index < -0.39 is 23.9 Å². The van der Waals surface area contributed by atoms with Crippen LogP contribution >= 0.6 is 0 Å². The standard InChI is InChI=1S/C49H50N6O10/c1-5-60-46(56)31-54(29-40-23-35(44-11-9-19-64-44)25-42(52-40)48(58)62-7-3)27-38-21-34(14-13-33-15-17-37(50)18-16-33)22-39(51-38)28-55(32-47(57)61-6-2)30-41-24-36(45-12-10-20-65-45)26-43(53-41)49(59)63-8-4/h9-12,15-26H,5-8,27-32,50H2,1-4H3. The van der Waals surface area contributed by atoms with Gasteiger partial charge in [0.2, 0.25) is 0 Å². The van der Waals surface area contributed by atoms with E-state index in [4.69, 9.17) is 38.5 Å². The summed E-state index contributed by atoms with van der Waals surface area (Å²) in [5.74, 6) is 5.29. The van der Waals surface area contributed by atoms with Gasteiger partial charge in [-0.25, -0.2) is 19.6 Å². The number of hydrogen-bond acceptors (Lipinski definition) is 16. The van der Waals surface area contributed by atoms with Crippen LogP contribution in [0.3, 0.4) is 0 Å². The molecule has 16 nitrogen and oxygen atoms in total.